The van der Waals surface area contributed by atoms with E-state index in [1.54, 1.807) is 31.7 Å². The van der Waals surface area contributed by atoms with Crippen LogP contribution < -0.4 is 9.47 Å². The van der Waals surface area contributed by atoms with Crippen LogP contribution in [-0.4, -0.2) is 25.0 Å². The average molecular weight is 317 g/mol. The van der Waals surface area contributed by atoms with Gasteiger partial charge in [-0.05, 0) is 23.8 Å². The van der Waals surface area contributed by atoms with E-state index in [2.05, 4.69) is 18.8 Å². The number of rotatable bonds is 6. The van der Waals surface area contributed by atoms with Crippen LogP contribution in [0.15, 0.2) is 29.7 Å². The minimum atomic E-state index is -0.107. The molecule has 1 aromatic carbocycles. The van der Waals surface area contributed by atoms with Crippen LogP contribution in [0.5, 0.6) is 11.5 Å². The molecule has 0 bridgehead atoms. The van der Waals surface area contributed by atoms with Crippen LogP contribution in [0.4, 0.5) is 0 Å². The first-order valence-electron chi connectivity index (χ1n) is 6.94. The number of thiazole rings is 1. The van der Waals surface area contributed by atoms with Crippen LogP contribution in [0.25, 0.3) is 6.08 Å². The fourth-order valence-corrected chi connectivity index (χ4v) is 2.67. The SMILES string of the molecule is COc1cc(C=CC(=O)c2csc(C(C)C)n2)cc(OC)c1. The Morgan fingerprint density at radius 1 is 1.18 bits per heavy atom. The van der Waals surface area contributed by atoms with E-state index in [1.807, 2.05) is 12.1 Å². The molecule has 0 N–H and O–H groups in total. The number of benzene rings is 1. The zero-order valence-corrected chi connectivity index (χ0v) is 13.9. The van der Waals surface area contributed by atoms with Gasteiger partial charge in [0.1, 0.15) is 17.2 Å². The summed E-state index contributed by atoms with van der Waals surface area (Å²) in [6.45, 7) is 4.12. The van der Waals surface area contributed by atoms with E-state index in [0.29, 0.717) is 23.1 Å². The molecule has 0 unspecified atom stereocenters. The summed E-state index contributed by atoms with van der Waals surface area (Å²) >= 11 is 1.51. The highest BCUT2D eigenvalue weighted by atomic mass is 32.1. The van der Waals surface area contributed by atoms with Gasteiger partial charge < -0.3 is 9.47 Å². The third-order valence-corrected chi connectivity index (χ3v) is 4.21. The predicted molar refractivity (Wildman–Crippen MR) is 89.1 cm³/mol. The first kappa shape index (κ1) is 16.2. The summed E-state index contributed by atoms with van der Waals surface area (Å²) in [5, 5.41) is 2.77. The Balaban J connectivity index is 2.18. The summed E-state index contributed by atoms with van der Waals surface area (Å²) in [6.07, 6.45) is 3.26. The highest BCUT2D eigenvalue weighted by Gasteiger charge is 2.10. The average Bonchev–Trinajstić information content (AvgIpc) is 3.02. The molecule has 0 amide bonds. The van der Waals surface area contributed by atoms with Crippen molar-refractivity contribution >= 4 is 23.2 Å². The summed E-state index contributed by atoms with van der Waals surface area (Å²) in [7, 11) is 3.19. The summed E-state index contributed by atoms with van der Waals surface area (Å²) in [5.74, 6) is 1.59. The molecule has 4 nitrogen and oxygen atoms in total. The van der Waals surface area contributed by atoms with Crippen molar-refractivity contribution in [3.63, 3.8) is 0 Å². The number of hydrogen-bond acceptors (Lipinski definition) is 5. The lowest BCUT2D eigenvalue weighted by molar-refractivity contribution is 0.104. The fraction of sp³-hybridized carbons (Fsp3) is 0.294. The topological polar surface area (TPSA) is 48.4 Å². The molecule has 1 aromatic heterocycles. The minimum absolute atomic E-state index is 0.107. The van der Waals surface area contributed by atoms with Crippen molar-refractivity contribution < 1.29 is 14.3 Å². The first-order chi connectivity index (χ1) is 10.5. The van der Waals surface area contributed by atoms with E-state index < -0.39 is 0 Å². The minimum Gasteiger partial charge on any atom is -0.497 e. The number of aromatic nitrogens is 1. The summed E-state index contributed by atoms with van der Waals surface area (Å²) in [6, 6.07) is 5.47. The molecule has 0 fully saturated rings. The van der Waals surface area contributed by atoms with Crippen molar-refractivity contribution in [3.8, 4) is 11.5 Å². The van der Waals surface area contributed by atoms with Gasteiger partial charge >= 0.3 is 0 Å². The maximum absolute atomic E-state index is 12.2. The standard InChI is InChI=1S/C17H19NO3S/c1-11(2)17-18-15(10-22-17)16(19)6-5-12-7-13(20-3)9-14(8-12)21-4/h5-11H,1-4H3. The lowest BCUT2D eigenvalue weighted by atomic mass is 10.1. The second-order valence-electron chi connectivity index (χ2n) is 5.07. The van der Waals surface area contributed by atoms with Crippen LogP contribution in [0, 0.1) is 0 Å². The number of ketones is 1. The molecule has 0 saturated carbocycles. The van der Waals surface area contributed by atoms with E-state index in [1.165, 1.54) is 17.4 Å². The number of hydrogen-bond donors (Lipinski definition) is 0. The van der Waals surface area contributed by atoms with Gasteiger partial charge in [-0.1, -0.05) is 19.9 Å². The van der Waals surface area contributed by atoms with Gasteiger partial charge in [-0.25, -0.2) is 4.98 Å². The molecule has 2 rings (SSSR count). The molecule has 0 radical (unpaired) electrons. The first-order valence-corrected chi connectivity index (χ1v) is 7.82. The Morgan fingerprint density at radius 2 is 1.82 bits per heavy atom. The molecule has 22 heavy (non-hydrogen) atoms. The normalized spacial score (nSPS) is 11.1. The number of ether oxygens (including phenoxy) is 2. The Bertz CT molecular complexity index is 667. The number of nitrogens with zero attached hydrogens (tertiary/aromatic N) is 1. The largest absolute Gasteiger partial charge is 0.497 e. The third kappa shape index (κ3) is 3.95. The van der Waals surface area contributed by atoms with Crippen LogP contribution in [0.3, 0.4) is 0 Å². The molecule has 1 heterocycles. The van der Waals surface area contributed by atoms with Gasteiger partial charge in [0, 0.05) is 17.4 Å². The molecule has 0 aliphatic heterocycles. The maximum atomic E-state index is 12.2. The lowest BCUT2D eigenvalue weighted by Crippen LogP contribution is -1.96. The van der Waals surface area contributed by atoms with Crippen molar-refractivity contribution in [2.24, 2.45) is 0 Å². The highest BCUT2D eigenvalue weighted by Crippen LogP contribution is 2.24. The quantitative estimate of drug-likeness (QED) is 0.592. The van der Waals surface area contributed by atoms with Crippen molar-refractivity contribution in [1.82, 2.24) is 4.98 Å². The van der Waals surface area contributed by atoms with Gasteiger partial charge in [0.05, 0.1) is 19.2 Å². The van der Waals surface area contributed by atoms with Gasteiger partial charge in [-0.15, -0.1) is 11.3 Å². The van der Waals surface area contributed by atoms with Gasteiger partial charge in [-0.3, -0.25) is 4.79 Å². The molecule has 116 valence electrons. The van der Waals surface area contributed by atoms with E-state index >= 15 is 0 Å². The van der Waals surface area contributed by atoms with Crippen molar-refractivity contribution in [2.75, 3.05) is 14.2 Å². The Kier molecular flexibility index (Phi) is 5.33. The molecular weight excluding hydrogens is 298 g/mol. The predicted octanol–water partition coefficient (Wildman–Crippen LogP) is 4.18. The molecule has 0 saturated heterocycles. The zero-order chi connectivity index (χ0) is 16.1. The Labute approximate surface area is 134 Å². The maximum Gasteiger partial charge on any atom is 0.205 e. The van der Waals surface area contributed by atoms with Crippen molar-refractivity contribution in [1.29, 1.82) is 0 Å². The molecule has 2 aromatic rings. The van der Waals surface area contributed by atoms with E-state index in [9.17, 15) is 4.79 Å². The number of carbonyl (C=O) groups excluding carboxylic acids is 1. The van der Waals surface area contributed by atoms with Gasteiger partial charge in [0.15, 0.2) is 0 Å². The van der Waals surface area contributed by atoms with Gasteiger partial charge in [-0.2, -0.15) is 0 Å². The van der Waals surface area contributed by atoms with E-state index in [4.69, 9.17) is 9.47 Å². The van der Waals surface area contributed by atoms with Crippen LogP contribution in [0.2, 0.25) is 0 Å². The van der Waals surface area contributed by atoms with Gasteiger partial charge in [0.2, 0.25) is 5.78 Å². The van der Waals surface area contributed by atoms with E-state index in [0.717, 1.165) is 10.6 Å². The Hall–Kier alpha value is -2.14. The summed E-state index contributed by atoms with van der Waals surface area (Å²) in [5.41, 5.74) is 1.32. The van der Waals surface area contributed by atoms with Crippen LogP contribution in [-0.2, 0) is 0 Å². The molecular formula is C17H19NO3S. The number of allylic oxidation sites excluding steroid dienone is 1. The fourth-order valence-electron chi connectivity index (χ4n) is 1.85. The second-order valence-corrected chi connectivity index (χ2v) is 5.96. The smallest absolute Gasteiger partial charge is 0.205 e. The zero-order valence-electron chi connectivity index (χ0n) is 13.1. The van der Waals surface area contributed by atoms with Crippen LogP contribution in [0.1, 0.15) is 40.8 Å². The number of methoxy groups -OCH3 is 2. The summed E-state index contributed by atoms with van der Waals surface area (Å²) < 4.78 is 10.4. The molecule has 0 aliphatic carbocycles. The third-order valence-electron chi connectivity index (χ3n) is 3.07. The van der Waals surface area contributed by atoms with Crippen molar-refractivity contribution in [2.45, 2.75) is 19.8 Å². The molecule has 0 spiro atoms. The van der Waals surface area contributed by atoms with Crippen LogP contribution >= 0.6 is 11.3 Å². The van der Waals surface area contributed by atoms with Crippen molar-refractivity contribution in [3.05, 3.63) is 45.9 Å². The monoisotopic (exact) mass is 317 g/mol. The molecule has 0 aliphatic rings. The van der Waals surface area contributed by atoms with E-state index in [-0.39, 0.29) is 5.78 Å². The Morgan fingerprint density at radius 3 is 2.32 bits per heavy atom. The number of carbonyl (C=O) groups is 1. The van der Waals surface area contributed by atoms with Gasteiger partial charge in [0.25, 0.3) is 0 Å². The molecule has 0 atom stereocenters. The highest BCUT2D eigenvalue weighted by molar-refractivity contribution is 7.09. The lowest BCUT2D eigenvalue weighted by Gasteiger charge is -2.05. The second kappa shape index (κ2) is 7.22. The summed E-state index contributed by atoms with van der Waals surface area (Å²) in [4.78, 5) is 16.5. The molecule has 5 heteroatoms.